The summed E-state index contributed by atoms with van der Waals surface area (Å²) in [6, 6.07) is 16.3. The summed E-state index contributed by atoms with van der Waals surface area (Å²) in [5.74, 6) is 1.33. The van der Waals surface area contributed by atoms with Crippen molar-refractivity contribution in [2.24, 2.45) is 0 Å². The summed E-state index contributed by atoms with van der Waals surface area (Å²) in [7, 11) is 0. The molecule has 1 N–H and O–H groups in total. The van der Waals surface area contributed by atoms with E-state index in [4.69, 9.17) is 21.4 Å². The van der Waals surface area contributed by atoms with Crippen molar-refractivity contribution in [3.8, 4) is 5.75 Å². The second-order valence-corrected chi connectivity index (χ2v) is 6.37. The molecule has 1 aliphatic rings. The molecule has 3 nitrogen and oxygen atoms in total. The SMILES string of the molecule is OCCOc1ccc(CN2CC[C@@H](c3ccccc3Cl)C2)cc1. The van der Waals surface area contributed by atoms with Crippen LogP contribution >= 0.6 is 11.6 Å². The molecule has 1 aliphatic heterocycles. The number of rotatable bonds is 6. The maximum Gasteiger partial charge on any atom is 0.119 e. The minimum absolute atomic E-state index is 0.0406. The maximum atomic E-state index is 8.77. The third kappa shape index (κ3) is 4.25. The lowest BCUT2D eigenvalue weighted by atomic mass is 9.98. The summed E-state index contributed by atoms with van der Waals surface area (Å²) in [6.07, 6.45) is 1.15. The van der Waals surface area contributed by atoms with Crippen molar-refractivity contribution in [2.75, 3.05) is 26.3 Å². The summed E-state index contributed by atoms with van der Waals surface area (Å²) >= 11 is 6.32. The van der Waals surface area contributed by atoms with Gasteiger partial charge in [0, 0.05) is 18.1 Å². The molecule has 23 heavy (non-hydrogen) atoms. The summed E-state index contributed by atoms with van der Waals surface area (Å²) in [5, 5.41) is 9.65. The molecule has 122 valence electrons. The number of halogens is 1. The van der Waals surface area contributed by atoms with Gasteiger partial charge in [0.1, 0.15) is 12.4 Å². The Kier molecular flexibility index (Phi) is 5.55. The fourth-order valence-corrected chi connectivity index (χ4v) is 3.44. The normalized spacial score (nSPS) is 18.3. The predicted molar refractivity (Wildman–Crippen MR) is 93.1 cm³/mol. The zero-order chi connectivity index (χ0) is 16.1. The van der Waals surface area contributed by atoms with Crippen molar-refractivity contribution in [1.29, 1.82) is 0 Å². The number of nitrogens with zero attached hydrogens (tertiary/aromatic N) is 1. The number of aliphatic hydroxyl groups excluding tert-OH is 1. The van der Waals surface area contributed by atoms with Crippen LogP contribution in [0.4, 0.5) is 0 Å². The van der Waals surface area contributed by atoms with Gasteiger partial charge in [-0.05, 0) is 48.2 Å². The van der Waals surface area contributed by atoms with E-state index in [-0.39, 0.29) is 6.61 Å². The third-order valence-electron chi connectivity index (χ3n) is 4.31. The van der Waals surface area contributed by atoms with Gasteiger partial charge in [0.25, 0.3) is 0 Å². The van der Waals surface area contributed by atoms with E-state index < -0.39 is 0 Å². The molecule has 4 heteroatoms. The van der Waals surface area contributed by atoms with Gasteiger partial charge in [-0.2, -0.15) is 0 Å². The third-order valence-corrected chi connectivity index (χ3v) is 4.65. The van der Waals surface area contributed by atoms with E-state index in [0.29, 0.717) is 12.5 Å². The van der Waals surface area contributed by atoms with Crippen molar-refractivity contribution in [3.05, 3.63) is 64.7 Å². The van der Waals surface area contributed by atoms with Gasteiger partial charge in [0.05, 0.1) is 6.61 Å². The Hall–Kier alpha value is -1.55. The number of hydrogen-bond acceptors (Lipinski definition) is 3. The van der Waals surface area contributed by atoms with Gasteiger partial charge >= 0.3 is 0 Å². The van der Waals surface area contributed by atoms with Crippen molar-refractivity contribution in [1.82, 2.24) is 4.90 Å². The highest BCUT2D eigenvalue weighted by Crippen LogP contribution is 2.32. The highest BCUT2D eigenvalue weighted by molar-refractivity contribution is 6.31. The summed E-state index contributed by atoms with van der Waals surface area (Å²) in [5.41, 5.74) is 2.55. The number of hydrogen-bond donors (Lipinski definition) is 1. The number of ether oxygens (including phenoxy) is 1. The second-order valence-electron chi connectivity index (χ2n) is 5.96. The van der Waals surface area contributed by atoms with E-state index in [2.05, 4.69) is 29.2 Å². The van der Waals surface area contributed by atoms with Crippen LogP contribution in [0.3, 0.4) is 0 Å². The molecule has 0 aromatic heterocycles. The summed E-state index contributed by atoms with van der Waals surface area (Å²) < 4.78 is 5.39. The second kappa shape index (κ2) is 7.82. The first-order chi connectivity index (χ1) is 11.3. The van der Waals surface area contributed by atoms with Gasteiger partial charge in [0.2, 0.25) is 0 Å². The molecular formula is C19H22ClNO2. The van der Waals surface area contributed by atoms with Crippen LogP contribution in [0.2, 0.25) is 5.02 Å². The molecule has 0 bridgehead atoms. The molecule has 1 heterocycles. The van der Waals surface area contributed by atoms with Gasteiger partial charge in [-0.3, -0.25) is 4.90 Å². The van der Waals surface area contributed by atoms with Crippen molar-refractivity contribution in [2.45, 2.75) is 18.9 Å². The Bertz CT molecular complexity index is 630. The van der Waals surface area contributed by atoms with Gasteiger partial charge < -0.3 is 9.84 Å². The van der Waals surface area contributed by atoms with Crippen LogP contribution < -0.4 is 4.74 Å². The fraction of sp³-hybridized carbons (Fsp3) is 0.368. The Balaban J connectivity index is 1.56. The Morgan fingerprint density at radius 2 is 1.91 bits per heavy atom. The lowest BCUT2D eigenvalue weighted by Gasteiger charge is -2.17. The van der Waals surface area contributed by atoms with Crippen LogP contribution in [0.1, 0.15) is 23.5 Å². The van der Waals surface area contributed by atoms with E-state index in [1.807, 2.05) is 24.3 Å². The molecule has 3 rings (SSSR count). The molecule has 1 fully saturated rings. The molecule has 0 spiro atoms. The van der Waals surface area contributed by atoms with Crippen LogP contribution in [0.5, 0.6) is 5.75 Å². The molecule has 0 aliphatic carbocycles. The van der Waals surface area contributed by atoms with Gasteiger partial charge in [0.15, 0.2) is 0 Å². The minimum atomic E-state index is 0.0406. The standard InChI is InChI=1S/C19H22ClNO2/c20-19-4-2-1-3-18(19)16-9-10-21(14-16)13-15-5-7-17(8-6-15)23-12-11-22/h1-8,16,22H,9-14H2/t16-/m1/s1. The zero-order valence-corrected chi connectivity index (χ0v) is 13.9. The van der Waals surface area contributed by atoms with Crippen LogP contribution in [0.15, 0.2) is 48.5 Å². The Morgan fingerprint density at radius 1 is 1.13 bits per heavy atom. The quantitative estimate of drug-likeness (QED) is 0.876. The van der Waals surface area contributed by atoms with Crippen molar-refractivity contribution < 1.29 is 9.84 Å². The molecule has 0 unspecified atom stereocenters. The zero-order valence-electron chi connectivity index (χ0n) is 13.1. The summed E-state index contributed by atoms with van der Waals surface area (Å²) in [4.78, 5) is 2.47. The largest absolute Gasteiger partial charge is 0.491 e. The van der Waals surface area contributed by atoms with E-state index in [0.717, 1.165) is 36.8 Å². The van der Waals surface area contributed by atoms with Crippen LogP contribution in [0.25, 0.3) is 0 Å². The fourth-order valence-electron chi connectivity index (χ4n) is 3.15. The van der Waals surface area contributed by atoms with E-state index in [1.54, 1.807) is 0 Å². The molecule has 1 atom stereocenters. The first-order valence-electron chi connectivity index (χ1n) is 8.05. The van der Waals surface area contributed by atoms with Crippen LogP contribution in [-0.4, -0.2) is 36.3 Å². The smallest absolute Gasteiger partial charge is 0.119 e. The lowest BCUT2D eigenvalue weighted by Crippen LogP contribution is -2.19. The first-order valence-corrected chi connectivity index (χ1v) is 8.43. The highest BCUT2D eigenvalue weighted by atomic mass is 35.5. The monoisotopic (exact) mass is 331 g/mol. The molecule has 0 radical (unpaired) electrons. The van der Waals surface area contributed by atoms with Crippen LogP contribution in [-0.2, 0) is 6.54 Å². The molecule has 0 amide bonds. The van der Waals surface area contributed by atoms with Crippen molar-refractivity contribution in [3.63, 3.8) is 0 Å². The number of benzene rings is 2. The van der Waals surface area contributed by atoms with Crippen LogP contribution in [0, 0.1) is 0 Å². The average molecular weight is 332 g/mol. The summed E-state index contributed by atoms with van der Waals surface area (Å²) in [6.45, 7) is 3.47. The molecule has 2 aromatic rings. The minimum Gasteiger partial charge on any atom is -0.491 e. The Labute approximate surface area is 142 Å². The molecule has 0 saturated carbocycles. The van der Waals surface area contributed by atoms with Gasteiger partial charge in [-0.25, -0.2) is 0 Å². The van der Waals surface area contributed by atoms with E-state index in [1.165, 1.54) is 11.1 Å². The highest BCUT2D eigenvalue weighted by Gasteiger charge is 2.25. The molecule has 1 saturated heterocycles. The predicted octanol–water partition coefficient (Wildman–Crippen LogP) is 3.70. The molecular weight excluding hydrogens is 310 g/mol. The van der Waals surface area contributed by atoms with E-state index in [9.17, 15) is 0 Å². The Morgan fingerprint density at radius 3 is 2.65 bits per heavy atom. The molecule has 2 aromatic carbocycles. The average Bonchev–Trinajstić information content (AvgIpc) is 3.03. The van der Waals surface area contributed by atoms with Crippen molar-refractivity contribution >= 4 is 11.6 Å². The van der Waals surface area contributed by atoms with E-state index >= 15 is 0 Å². The number of likely N-dealkylation sites (tertiary alicyclic amines) is 1. The first kappa shape index (κ1) is 16.3. The topological polar surface area (TPSA) is 32.7 Å². The maximum absolute atomic E-state index is 8.77. The van der Waals surface area contributed by atoms with Gasteiger partial charge in [-0.1, -0.05) is 41.9 Å². The number of aliphatic hydroxyl groups is 1. The lowest BCUT2D eigenvalue weighted by molar-refractivity contribution is 0.201. The van der Waals surface area contributed by atoms with Gasteiger partial charge in [-0.15, -0.1) is 0 Å².